The number of carbonyl (C=O) groups is 1. The van der Waals surface area contributed by atoms with Crippen molar-refractivity contribution in [2.24, 2.45) is 0 Å². The van der Waals surface area contributed by atoms with Crippen molar-refractivity contribution < 1.29 is 15.0 Å². The first kappa shape index (κ1) is 15.4. The Morgan fingerprint density at radius 2 is 2.00 bits per heavy atom. The van der Waals surface area contributed by atoms with Gasteiger partial charge in [-0.05, 0) is 38.8 Å². The minimum absolute atomic E-state index is 0.205. The zero-order valence-corrected chi connectivity index (χ0v) is 12.6. The van der Waals surface area contributed by atoms with Crippen LogP contribution in [-0.2, 0) is 6.42 Å². The van der Waals surface area contributed by atoms with Gasteiger partial charge in [-0.25, -0.2) is 4.79 Å². The Labute approximate surface area is 124 Å². The second-order valence-electron chi connectivity index (χ2n) is 6.22. The second-order valence-corrected chi connectivity index (χ2v) is 6.22. The number of H-pyrrole nitrogens is 1. The highest BCUT2D eigenvalue weighted by Gasteiger charge is 2.33. The third-order valence-electron chi connectivity index (χ3n) is 3.64. The van der Waals surface area contributed by atoms with Crippen LogP contribution >= 0.6 is 0 Å². The summed E-state index contributed by atoms with van der Waals surface area (Å²) in [5, 5.41) is 20.2. The van der Waals surface area contributed by atoms with Gasteiger partial charge in [0.05, 0.1) is 12.6 Å². The molecule has 1 atom stereocenters. The number of aromatic amines is 1. The Morgan fingerprint density at radius 3 is 2.57 bits per heavy atom. The Balaban J connectivity index is 2.32. The molecule has 0 radical (unpaired) electrons. The van der Waals surface area contributed by atoms with Gasteiger partial charge < -0.3 is 15.2 Å². The lowest BCUT2D eigenvalue weighted by Crippen LogP contribution is -2.53. The van der Waals surface area contributed by atoms with Gasteiger partial charge in [0.25, 0.3) is 0 Å². The van der Waals surface area contributed by atoms with Crippen LogP contribution in [0.15, 0.2) is 30.5 Å². The lowest BCUT2D eigenvalue weighted by Gasteiger charge is -2.38. The molecule has 0 aliphatic carbocycles. The summed E-state index contributed by atoms with van der Waals surface area (Å²) >= 11 is 0. The van der Waals surface area contributed by atoms with Crippen molar-refractivity contribution in [2.45, 2.75) is 38.8 Å². The predicted octanol–water partition coefficient (Wildman–Crippen LogP) is 2.85. The number of aliphatic hydroxyl groups is 1. The molecule has 0 aliphatic rings. The molecule has 5 nitrogen and oxygen atoms in total. The van der Waals surface area contributed by atoms with Crippen LogP contribution in [0.4, 0.5) is 4.79 Å². The van der Waals surface area contributed by atoms with Crippen LogP contribution in [0, 0.1) is 0 Å². The molecule has 0 fully saturated rings. The van der Waals surface area contributed by atoms with Crippen LogP contribution in [0.5, 0.6) is 0 Å². The molecule has 1 amide bonds. The number of amides is 1. The zero-order valence-electron chi connectivity index (χ0n) is 12.6. The molecular weight excluding hydrogens is 268 g/mol. The fourth-order valence-electron chi connectivity index (χ4n) is 2.78. The van der Waals surface area contributed by atoms with Crippen LogP contribution in [-0.4, -0.2) is 44.4 Å². The molecule has 2 rings (SSSR count). The quantitative estimate of drug-likeness (QED) is 0.810. The van der Waals surface area contributed by atoms with Gasteiger partial charge in [0.2, 0.25) is 0 Å². The maximum absolute atomic E-state index is 11.5. The fraction of sp³-hybridized carbons (Fsp3) is 0.438. The van der Waals surface area contributed by atoms with E-state index in [1.54, 1.807) is 0 Å². The Kier molecular flexibility index (Phi) is 4.23. The summed E-state index contributed by atoms with van der Waals surface area (Å²) in [4.78, 5) is 16.1. The summed E-state index contributed by atoms with van der Waals surface area (Å²) in [6.07, 6.45) is 1.35. The Bertz CT molecular complexity index is 628. The Morgan fingerprint density at radius 1 is 1.33 bits per heavy atom. The number of aromatic nitrogens is 1. The van der Waals surface area contributed by atoms with E-state index >= 15 is 0 Å². The number of aliphatic hydroxyl groups excluding tert-OH is 1. The smallest absolute Gasteiger partial charge is 0.408 e. The number of nitrogens with zero attached hydrogens (tertiary/aromatic N) is 1. The van der Waals surface area contributed by atoms with Gasteiger partial charge in [-0.15, -0.1) is 0 Å². The van der Waals surface area contributed by atoms with Crippen molar-refractivity contribution in [3.05, 3.63) is 36.0 Å². The Hall–Kier alpha value is -2.01. The van der Waals surface area contributed by atoms with E-state index in [0.717, 1.165) is 16.5 Å². The van der Waals surface area contributed by atoms with Crippen LogP contribution < -0.4 is 0 Å². The molecule has 0 saturated heterocycles. The highest BCUT2D eigenvalue weighted by atomic mass is 16.4. The summed E-state index contributed by atoms with van der Waals surface area (Å²) in [5.74, 6) is 0. The molecule has 114 valence electrons. The summed E-state index contributed by atoms with van der Waals surface area (Å²) < 4.78 is 0. The van der Waals surface area contributed by atoms with Gasteiger partial charge >= 0.3 is 6.09 Å². The van der Waals surface area contributed by atoms with E-state index in [0.29, 0.717) is 6.42 Å². The molecule has 0 aliphatic heterocycles. The largest absolute Gasteiger partial charge is 0.465 e. The number of nitrogens with one attached hydrogen (secondary N) is 1. The van der Waals surface area contributed by atoms with E-state index in [9.17, 15) is 15.0 Å². The average molecular weight is 290 g/mol. The first-order valence-electron chi connectivity index (χ1n) is 7.02. The van der Waals surface area contributed by atoms with Gasteiger partial charge in [-0.3, -0.25) is 4.90 Å². The molecule has 21 heavy (non-hydrogen) atoms. The lowest BCUT2D eigenvalue weighted by molar-refractivity contribution is 0.0466. The fourth-order valence-corrected chi connectivity index (χ4v) is 2.78. The molecule has 5 heteroatoms. The molecule has 1 heterocycles. The van der Waals surface area contributed by atoms with Crippen molar-refractivity contribution in [1.29, 1.82) is 0 Å². The lowest BCUT2D eigenvalue weighted by atomic mass is 9.98. The number of hydrogen-bond donors (Lipinski definition) is 3. The number of hydrogen-bond acceptors (Lipinski definition) is 2. The van der Waals surface area contributed by atoms with Crippen molar-refractivity contribution >= 4 is 17.0 Å². The van der Waals surface area contributed by atoms with Crippen LogP contribution in [0.1, 0.15) is 26.3 Å². The summed E-state index contributed by atoms with van der Waals surface area (Å²) in [5.41, 5.74) is 1.47. The van der Waals surface area contributed by atoms with Gasteiger partial charge in [0.15, 0.2) is 0 Å². The van der Waals surface area contributed by atoms with Crippen molar-refractivity contribution in [2.75, 3.05) is 6.61 Å². The third-order valence-corrected chi connectivity index (χ3v) is 3.64. The summed E-state index contributed by atoms with van der Waals surface area (Å²) in [6.45, 7) is 5.29. The van der Waals surface area contributed by atoms with E-state index in [1.807, 2.05) is 51.2 Å². The maximum Gasteiger partial charge on any atom is 0.408 e. The van der Waals surface area contributed by atoms with E-state index in [2.05, 4.69) is 4.98 Å². The van der Waals surface area contributed by atoms with Gasteiger partial charge in [-0.1, -0.05) is 18.2 Å². The SMILES string of the molecule is CC(C)(C)N(C(=O)O)[C@@H](CO)Cc1c[nH]c2ccccc12. The van der Waals surface area contributed by atoms with Crippen LogP contribution in [0.2, 0.25) is 0 Å². The molecular formula is C16H22N2O3. The zero-order chi connectivity index (χ0) is 15.6. The van der Waals surface area contributed by atoms with E-state index in [-0.39, 0.29) is 6.61 Å². The number of rotatable bonds is 4. The minimum Gasteiger partial charge on any atom is -0.465 e. The normalized spacial score (nSPS) is 13.3. The number of fused-ring (bicyclic) bond motifs is 1. The second kappa shape index (κ2) is 5.77. The molecule has 1 aromatic heterocycles. The molecule has 3 N–H and O–H groups in total. The molecule has 0 bridgehead atoms. The third kappa shape index (κ3) is 3.19. The first-order valence-corrected chi connectivity index (χ1v) is 7.02. The summed E-state index contributed by atoms with van der Waals surface area (Å²) in [7, 11) is 0. The van der Waals surface area contributed by atoms with Gasteiger partial charge in [-0.2, -0.15) is 0 Å². The van der Waals surface area contributed by atoms with Crippen molar-refractivity contribution in [3.63, 3.8) is 0 Å². The maximum atomic E-state index is 11.5. The van der Waals surface area contributed by atoms with Crippen molar-refractivity contribution in [1.82, 2.24) is 9.88 Å². The minimum atomic E-state index is -1.01. The van der Waals surface area contributed by atoms with Gasteiger partial charge in [0, 0.05) is 22.6 Å². The topological polar surface area (TPSA) is 76.6 Å². The molecule has 0 spiro atoms. The number of benzene rings is 1. The molecule has 0 saturated carbocycles. The van der Waals surface area contributed by atoms with E-state index < -0.39 is 17.7 Å². The standard InChI is InChI=1S/C16H22N2O3/c1-16(2,3)18(15(20)21)12(10-19)8-11-9-17-14-7-5-4-6-13(11)14/h4-7,9,12,17,19H,8,10H2,1-3H3,(H,20,21)/t12-/m1/s1. The monoisotopic (exact) mass is 290 g/mol. The number of para-hydroxylation sites is 1. The van der Waals surface area contributed by atoms with Gasteiger partial charge in [0.1, 0.15) is 0 Å². The van der Waals surface area contributed by atoms with Crippen LogP contribution in [0.3, 0.4) is 0 Å². The molecule has 0 unspecified atom stereocenters. The average Bonchev–Trinajstić information content (AvgIpc) is 2.79. The van der Waals surface area contributed by atoms with E-state index in [4.69, 9.17) is 0 Å². The highest BCUT2D eigenvalue weighted by Crippen LogP contribution is 2.24. The first-order chi connectivity index (χ1) is 9.84. The van der Waals surface area contributed by atoms with Crippen molar-refractivity contribution in [3.8, 4) is 0 Å². The van der Waals surface area contributed by atoms with E-state index in [1.165, 1.54) is 4.90 Å². The number of carboxylic acid groups (broad SMARTS) is 1. The summed E-state index contributed by atoms with van der Waals surface area (Å²) in [6, 6.07) is 7.40. The molecule has 1 aromatic carbocycles. The predicted molar refractivity (Wildman–Crippen MR) is 82.5 cm³/mol. The molecule has 2 aromatic rings. The van der Waals surface area contributed by atoms with Crippen LogP contribution in [0.25, 0.3) is 10.9 Å². The highest BCUT2D eigenvalue weighted by molar-refractivity contribution is 5.83.